The second kappa shape index (κ2) is 4.92. The highest BCUT2D eigenvalue weighted by molar-refractivity contribution is 7.21. The van der Waals surface area contributed by atoms with Gasteiger partial charge in [0.25, 0.3) is 5.91 Å². The van der Waals surface area contributed by atoms with Crippen molar-refractivity contribution in [1.82, 2.24) is 14.7 Å². The quantitative estimate of drug-likeness (QED) is 0.806. The lowest BCUT2D eigenvalue weighted by molar-refractivity contribution is 0.0790. The Morgan fingerprint density at radius 2 is 2.33 bits per heavy atom. The molecule has 3 rings (SSSR count). The number of anilines is 1. The number of nitrogens with two attached hydrogens (primary N) is 1. The molecule has 2 N–H and O–H groups in total. The summed E-state index contributed by atoms with van der Waals surface area (Å²) in [5.41, 5.74) is 8.47. The van der Waals surface area contributed by atoms with Gasteiger partial charge in [-0.15, -0.1) is 11.3 Å². The van der Waals surface area contributed by atoms with Crippen LogP contribution in [0.15, 0.2) is 23.0 Å². The number of aryl methyl sites for hydroxylation is 2. The molecule has 0 aromatic carbocycles. The van der Waals surface area contributed by atoms with Crippen LogP contribution in [0.5, 0.6) is 0 Å². The van der Waals surface area contributed by atoms with E-state index in [4.69, 9.17) is 10.2 Å². The Balaban J connectivity index is 1.94. The Kier molecular flexibility index (Phi) is 3.21. The Morgan fingerprint density at radius 1 is 1.57 bits per heavy atom. The molecule has 0 unspecified atom stereocenters. The van der Waals surface area contributed by atoms with Crippen molar-refractivity contribution >= 4 is 33.1 Å². The molecule has 0 aliphatic heterocycles. The lowest BCUT2D eigenvalue weighted by Gasteiger charge is -2.15. The van der Waals surface area contributed by atoms with E-state index in [1.54, 1.807) is 29.2 Å². The molecule has 0 fully saturated rings. The zero-order chi connectivity index (χ0) is 15.1. The maximum Gasteiger partial charge on any atom is 0.266 e. The zero-order valence-corrected chi connectivity index (χ0v) is 12.9. The SMILES string of the molecule is Cc1nn(C)c2sc(C(=O)N(C)Cc3ccoc3)c(N)c12. The zero-order valence-electron chi connectivity index (χ0n) is 12.1. The molecular formula is C14H16N4O2S. The highest BCUT2D eigenvalue weighted by Gasteiger charge is 2.23. The molecule has 0 radical (unpaired) electrons. The molecule has 0 bridgehead atoms. The minimum absolute atomic E-state index is 0.0886. The predicted octanol–water partition coefficient (Wildman–Crippen LogP) is 2.39. The first-order valence-electron chi connectivity index (χ1n) is 6.47. The van der Waals surface area contributed by atoms with Gasteiger partial charge in [0.05, 0.1) is 29.3 Å². The molecule has 21 heavy (non-hydrogen) atoms. The topological polar surface area (TPSA) is 77.3 Å². The van der Waals surface area contributed by atoms with Gasteiger partial charge in [-0.25, -0.2) is 0 Å². The second-order valence-electron chi connectivity index (χ2n) is 5.03. The minimum Gasteiger partial charge on any atom is -0.472 e. The van der Waals surface area contributed by atoms with Crippen molar-refractivity contribution in [2.24, 2.45) is 7.05 Å². The Labute approximate surface area is 125 Å². The van der Waals surface area contributed by atoms with Crippen LogP contribution in [0.4, 0.5) is 5.69 Å². The maximum absolute atomic E-state index is 12.6. The van der Waals surface area contributed by atoms with Gasteiger partial charge in [0.15, 0.2) is 0 Å². The Morgan fingerprint density at radius 3 is 2.95 bits per heavy atom. The van der Waals surface area contributed by atoms with Crippen LogP contribution < -0.4 is 5.73 Å². The number of amides is 1. The molecule has 0 aliphatic carbocycles. The van der Waals surface area contributed by atoms with Gasteiger partial charge in [-0.05, 0) is 13.0 Å². The smallest absolute Gasteiger partial charge is 0.266 e. The van der Waals surface area contributed by atoms with E-state index < -0.39 is 0 Å². The first kappa shape index (κ1) is 13.7. The van der Waals surface area contributed by atoms with Gasteiger partial charge in [0.1, 0.15) is 9.71 Å². The van der Waals surface area contributed by atoms with E-state index >= 15 is 0 Å². The number of carbonyl (C=O) groups is 1. The highest BCUT2D eigenvalue weighted by Crippen LogP contribution is 2.36. The fraction of sp³-hybridized carbons (Fsp3) is 0.286. The van der Waals surface area contributed by atoms with Gasteiger partial charge >= 0.3 is 0 Å². The third kappa shape index (κ3) is 2.19. The summed E-state index contributed by atoms with van der Waals surface area (Å²) in [6.07, 6.45) is 3.22. The molecule has 3 heterocycles. The second-order valence-corrected chi connectivity index (χ2v) is 6.03. The first-order chi connectivity index (χ1) is 9.99. The molecule has 3 aromatic rings. The van der Waals surface area contributed by atoms with Crippen LogP contribution >= 0.6 is 11.3 Å². The lowest BCUT2D eigenvalue weighted by atomic mass is 10.2. The Bertz CT molecular complexity index is 801. The largest absolute Gasteiger partial charge is 0.472 e. The van der Waals surface area contributed by atoms with Gasteiger partial charge in [-0.1, -0.05) is 0 Å². The summed E-state index contributed by atoms with van der Waals surface area (Å²) in [6.45, 7) is 2.38. The molecule has 0 saturated heterocycles. The normalized spacial score (nSPS) is 11.2. The van der Waals surface area contributed by atoms with Gasteiger partial charge in [-0.2, -0.15) is 5.10 Å². The van der Waals surface area contributed by atoms with Crippen molar-refractivity contribution in [2.45, 2.75) is 13.5 Å². The van der Waals surface area contributed by atoms with Gasteiger partial charge in [0, 0.05) is 26.2 Å². The number of aromatic nitrogens is 2. The van der Waals surface area contributed by atoms with Gasteiger partial charge in [-0.3, -0.25) is 9.48 Å². The molecule has 0 spiro atoms. The predicted molar refractivity (Wildman–Crippen MR) is 82.2 cm³/mol. The molecule has 0 saturated carbocycles. The molecule has 7 heteroatoms. The number of nitrogen functional groups attached to an aromatic ring is 1. The van der Waals surface area contributed by atoms with Crippen molar-refractivity contribution in [3.8, 4) is 0 Å². The van der Waals surface area contributed by atoms with Crippen molar-refractivity contribution in [2.75, 3.05) is 12.8 Å². The third-order valence-electron chi connectivity index (χ3n) is 3.42. The fourth-order valence-corrected chi connectivity index (χ4v) is 3.57. The fourth-order valence-electron chi connectivity index (χ4n) is 2.39. The molecular weight excluding hydrogens is 288 g/mol. The number of thiophene rings is 1. The van der Waals surface area contributed by atoms with Crippen LogP contribution in [0.1, 0.15) is 20.9 Å². The van der Waals surface area contributed by atoms with E-state index in [0.717, 1.165) is 21.5 Å². The third-order valence-corrected chi connectivity index (χ3v) is 4.68. The number of hydrogen-bond donors (Lipinski definition) is 1. The summed E-state index contributed by atoms with van der Waals surface area (Å²) >= 11 is 1.38. The number of nitrogens with zero attached hydrogens (tertiary/aromatic N) is 3. The number of furan rings is 1. The minimum atomic E-state index is -0.0886. The molecule has 110 valence electrons. The number of hydrogen-bond acceptors (Lipinski definition) is 5. The van der Waals surface area contributed by atoms with E-state index in [0.29, 0.717) is 17.1 Å². The number of rotatable bonds is 3. The van der Waals surface area contributed by atoms with Crippen molar-refractivity contribution in [1.29, 1.82) is 0 Å². The van der Waals surface area contributed by atoms with E-state index in [1.807, 2.05) is 20.0 Å². The Hall–Kier alpha value is -2.28. The first-order valence-corrected chi connectivity index (χ1v) is 7.28. The van der Waals surface area contributed by atoms with Crippen molar-refractivity contribution < 1.29 is 9.21 Å². The lowest BCUT2D eigenvalue weighted by Crippen LogP contribution is -2.25. The van der Waals surface area contributed by atoms with E-state index in [1.165, 1.54) is 11.3 Å². The molecule has 1 amide bonds. The summed E-state index contributed by atoms with van der Waals surface area (Å²) in [6, 6.07) is 1.84. The summed E-state index contributed by atoms with van der Waals surface area (Å²) in [7, 11) is 3.61. The van der Waals surface area contributed by atoms with Crippen LogP contribution in [0.3, 0.4) is 0 Å². The summed E-state index contributed by atoms with van der Waals surface area (Å²) < 4.78 is 6.78. The summed E-state index contributed by atoms with van der Waals surface area (Å²) in [5.74, 6) is -0.0886. The highest BCUT2D eigenvalue weighted by atomic mass is 32.1. The monoisotopic (exact) mass is 304 g/mol. The molecule has 0 aliphatic rings. The molecule has 3 aromatic heterocycles. The van der Waals surface area contributed by atoms with E-state index in [-0.39, 0.29) is 5.91 Å². The number of fused-ring (bicyclic) bond motifs is 1. The van der Waals surface area contributed by atoms with E-state index in [2.05, 4.69) is 5.10 Å². The van der Waals surface area contributed by atoms with Crippen LogP contribution in [0, 0.1) is 6.92 Å². The average molecular weight is 304 g/mol. The summed E-state index contributed by atoms with van der Waals surface area (Å²) in [5, 5.41) is 5.20. The van der Waals surface area contributed by atoms with Gasteiger partial charge in [0.2, 0.25) is 0 Å². The van der Waals surface area contributed by atoms with Crippen LogP contribution in [-0.2, 0) is 13.6 Å². The maximum atomic E-state index is 12.6. The van der Waals surface area contributed by atoms with Gasteiger partial charge < -0.3 is 15.1 Å². The van der Waals surface area contributed by atoms with Crippen LogP contribution in [0.2, 0.25) is 0 Å². The van der Waals surface area contributed by atoms with E-state index in [9.17, 15) is 4.79 Å². The van der Waals surface area contributed by atoms with Crippen LogP contribution in [-0.4, -0.2) is 27.6 Å². The standard InChI is InChI=1S/C14H16N4O2S/c1-8-10-11(15)12(21-14(10)18(3)16-8)13(19)17(2)6-9-4-5-20-7-9/h4-5,7H,6,15H2,1-3H3. The van der Waals surface area contributed by atoms with Crippen molar-refractivity contribution in [3.63, 3.8) is 0 Å². The number of carbonyl (C=O) groups excluding carboxylic acids is 1. The molecule has 6 nitrogen and oxygen atoms in total. The van der Waals surface area contributed by atoms with Crippen LogP contribution in [0.25, 0.3) is 10.2 Å². The average Bonchev–Trinajstić information content (AvgIpc) is 3.10. The summed E-state index contributed by atoms with van der Waals surface area (Å²) in [4.78, 5) is 15.7. The molecule has 0 atom stereocenters. The van der Waals surface area contributed by atoms with Crippen molar-refractivity contribution in [3.05, 3.63) is 34.7 Å².